The fraction of sp³-hybridized carbons (Fsp3) is 0.312. The molecule has 7 heteroatoms. The smallest absolute Gasteiger partial charge is 0.319 e. The van der Waals surface area contributed by atoms with E-state index in [1.54, 1.807) is 7.11 Å². The van der Waals surface area contributed by atoms with Crippen molar-refractivity contribution in [2.75, 3.05) is 19.0 Å². The van der Waals surface area contributed by atoms with E-state index in [1.165, 1.54) is 0 Å². The van der Waals surface area contributed by atoms with Crippen LogP contribution in [0.25, 0.3) is 11.5 Å². The first-order valence-electron chi connectivity index (χ1n) is 7.12. The second kappa shape index (κ2) is 7.55. The summed E-state index contributed by atoms with van der Waals surface area (Å²) < 4.78 is 10.2. The zero-order chi connectivity index (χ0) is 16.8. The Bertz CT molecular complexity index is 709. The third-order valence-electron chi connectivity index (χ3n) is 3.10. The quantitative estimate of drug-likeness (QED) is 0.800. The lowest BCUT2D eigenvalue weighted by atomic mass is 10.1. The highest BCUT2D eigenvalue weighted by Crippen LogP contribution is 2.27. The number of urea groups is 1. The van der Waals surface area contributed by atoms with Crippen LogP contribution in [0.15, 0.2) is 34.9 Å². The number of carbonyl (C=O) groups is 1. The van der Waals surface area contributed by atoms with Crippen molar-refractivity contribution in [2.24, 2.45) is 0 Å². The zero-order valence-corrected chi connectivity index (χ0v) is 13.5. The van der Waals surface area contributed by atoms with E-state index in [0.717, 1.165) is 16.7 Å². The molecule has 0 spiro atoms. The molecule has 2 amide bonds. The van der Waals surface area contributed by atoms with Gasteiger partial charge in [-0.25, -0.2) is 4.79 Å². The Morgan fingerprint density at radius 1 is 1.43 bits per heavy atom. The number of amides is 2. The number of benzene rings is 1. The van der Waals surface area contributed by atoms with E-state index < -0.39 is 0 Å². The molecule has 0 bridgehead atoms. The number of aromatic nitrogens is 2. The van der Waals surface area contributed by atoms with E-state index in [2.05, 4.69) is 27.4 Å². The summed E-state index contributed by atoms with van der Waals surface area (Å²) in [5.41, 5.74) is 3.15. The first-order chi connectivity index (χ1) is 11.0. The van der Waals surface area contributed by atoms with Crippen LogP contribution in [0.3, 0.4) is 0 Å². The number of hydrogen-bond donors (Lipinski definition) is 2. The molecule has 122 valence electrons. The monoisotopic (exact) mass is 316 g/mol. The van der Waals surface area contributed by atoms with Gasteiger partial charge >= 0.3 is 6.03 Å². The average molecular weight is 316 g/mol. The number of methoxy groups -OCH3 is 1. The van der Waals surface area contributed by atoms with Gasteiger partial charge in [0.05, 0.1) is 0 Å². The molecule has 0 fully saturated rings. The van der Waals surface area contributed by atoms with Crippen LogP contribution in [0.2, 0.25) is 0 Å². The molecule has 2 rings (SSSR count). The Labute approximate surface area is 134 Å². The van der Waals surface area contributed by atoms with Gasteiger partial charge < -0.3 is 19.9 Å². The summed E-state index contributed by atoms with van der Waals surface area (Å²) in [7, 11) is 1.56. The van der Waals surface area contributed by atoms with Gasteiger partial charge in [-0.05, 0) is 31.5 Å². The molecule has 1 aromatic heterocycles. The van der Waals surface area contributed by atoms with Crippen molar-refractivity contribution >= 4 is 11.7 Å². The summed E-state index contributed by atoms with van der Waals surface area (Å²) in [4.78, 5) is 16.1. The van der Waals surface area contributed by atoms with Crippen molar-refractivity contribution < 1.29 is 14.1 Å². The van der Waals surface area contributed by atoms with Crippen LogP contribution in [0, 0.1) is 6.92 Å². The molecule has 0 aliphatic heterocycles. The van der Waals surface area contributed by atoms with E-state index >= 15 is 0 Å². The van der Waals surface area contributed by atoms with Gasteiger partial charge in [0.25, 0.3) is 5.89 Å². The van der Waals surface area contributed by atoms with Crippen molar-refractivity contribution in [2.45, 2.75) is 20.5 Å². The van der Waals surface area contributed by atoms with Crippen molar-refractivity contribution in [1.29, 1.82) is 0 Å². The van der Waals surface area contributed by atoms with Gasteiger partial charge in [-0.3, -0.25) is 0 Å². The summed E-state index contributed by atoms with van der Waals surface area (Å²) >= 11 is 0. The highest BCUT2D eigenvalue weighted by Gasteiger charge is 2.14. The predicted molar refractivity (Wildman–Crippen MR) is 87.0 cm³/mol. The number of nitrogens with zero attached hydrogens (tertiary/aromatic N) is 2. The average Bonchev–Trinajstić information content (AvgIpc) is 2.96. The number of carbonyl (C=O) groups excluding carboxylic acids is 1. The number of nitrogens with one attached hydrogen (secondary N) is 2. The maximum atomic E-state index is 11.9. The summed E-state index contributed by atoms with van der Waals surface area (Å²) in [6, 6.07) is 5.19. The fourth-order valence-electron chi connectivity index (χ4n) is 1.95. The molecule has 2 aromatic rings. The predicted octanol–water partition coefficient (Wildman–Crippen LogP) is 2.89. The Balaban J connectivity index is 2.17. The molecule has 0 radical (unpaired) electrons. The SMILES string of the molecule is C=C(C)CNC(=O)Nc1cccc(-c2nc(COC)no2)c1C. The molecular weight excluding hydrogens is 296 g/mol. The molecule has 1 aromatic carbocycles. The molecule has 0 aliphatic carbocycles. The standard InChI is InChI=1S/C16H20N4O3/c1-10(2)8-17-16(21)18-13-7-5-6-12(11(13)3)15-19-14(9-22-4)20-23-15/h5-7H,1,8-9H2,2-4H3,(H2,17,18,21). The number of anilines is 1. The normalized spacial score (nSPS) is 10.4. The summed E-state index contributed by atoms with van der Waals surface area (Å²) in [5, 5.41) is 9.36. The van der Waals surface area contributed by atoms with Gasteiger partial charge in [0.15, 0.2) is 5.82 Å². The Morgan fingerprint density at radius 2 is 2.22 bits per heavy atom. The topological polar surface area (TPSA) is 89.3 Å². The minimum absolute atomic E-state index is 0.282. The van der Waals surface area contributed by atoms with Gasteiger partial charge in [0.1, 0.15) is 6.61 Å². The largest absolute Gasteiger partial charge is 0.377 e. The fourth-order valence-corrected chi connectivity index (χ4v) is 1.95. The number of rotatable bonds is 6. The van der Waals surface area contributed by atoms with E-state index in [4.69, 9.17) is 9.26 Å². The number of hydrogen-bond acceptors (Lipinski definition) is 5. The minimum Gasteiger partial charge on any atom is -0.377 e. The molecule has 0 aliphatic rings. The van der Waals surface area contributed by atoms with Crippen LogP contribution in [-0.4, -0.2) is 29.8 Å². The number of ether oxygens (including phenoxy) is 1. The molecule has 23 heavy (non-hydrogen) atoms. The molecule has 1 heterocycles. The maximum absolute atomic E-state index is 11.9. The molecule has 0 saturated carbocycles. The molecule has 0 unspecified atom stereocenters. The Morgan fingerprint density at radius 3 is 2.91 bits per heavy atom. The Kier molecular flexibility index (Phi) is 5.48. The van der Waals surface area contributed by atoms with Crippen molar-refractivity contribution in [3.8, 4) is 11.5 Å². The third kappa shape index (κ3) is 4.40. The van der Waals surface area contributed by atoms with Gasteiger partial charge in [-0.1, -0.05) is 23.4 Å². The van der Waals surface area contributed by atoms with E-state index in [-0.39, 0.29) is 12.6 Å². The van der Waals surface area contributed by atoms with E-state index in [9.17, 15) is 4.79 Å². The van der Waals surface area contributed by atoms with Crippen LogP contribution < -0.4 is 10.6 Å². The lowest BCUT2D eigenvalue weighted by Gasteiger charge is -2.11. The molecule has 7 nitrogen and oxygen atoms in total. The highest BCUT2D eigenvalue weighted by atomic mass is 16.5. The Hall–Kier alpha value is -2.67. The van der Waals surface area contributed by atoms with Crippen molar-refractivity contribution in [3.63, 3.8) is 0 Å². The molecule has 0 saturated heterocycles. The van der Waals surface area contributed by atoms with Gasteiger partial charge in [-0.2, -0.15) is 4.98 Å². The van der Waals surface area contributed by atoms with Crippen molar-refractivity contribution in [3.05, 3.63) is 41.7 Å². The lowest BCUT2D eigenvalue weighted by Crippen LogP contribution is -2.30. The summed E-state index contributed by atoms with van der Waals surface area (Å²) in [6.45, 7) is 8.17. The van der Waals surface area contributed by atoms with Crippen LogP contribution in [0.1, 0.15) is 18.3 Å². The van der Waals surface area contributed by atoms with Crippen LogP contribution in [0.4, 0.5) is 10.5 Å². The summed E-state index contributed by atoms with van der Waals surface area (Å²) in [5.74, 6) is 0.861. The highest BCUT2D eigenvalue weighted by molar-refractivity contribution is 5.91. The first-order valence-corrected chi connectivity index (χ1v) is 7.12. The van der Waals surface area contributed by atoms with Gasteiger partial charge in [0, 0.05) is 24.9 Å². The molecular formula is C16H20N4O3. The van der Waals surface area contributed by atoms with Crippen LogP contribution in [0.5, 0.6) is 0 Å². The van der Waals surface area contributed by atoms with Crippen LogP contribution >= 0.6 is 0 Å². The molecule has 2 N–H and O–H groups in total. The van der Waals surface area contributed by atoms with E-state index in [1.807, 2.05) is 32.0 Å². The lowest BCUT2D eigenvalue weighted by molar-refractivity contribution is 0.174. The first kappa shape index (κ1) is 16.7. The second-order valence-electron chi connectivity index (χ2n) is 5.19. The van der Waals surface area contributed by atoms with E-state index in [0.29, 0.717) is 23.9 Å². The second-order valence-corrected chi connectivity index (χ2v) is 5.19. The van der Waals surface area contributed by atoms with Gasteiger partial charge in [-0.15, -0.1) is 0 Å². The van der Waals surface area contributed by atoms with Gasteiger partial charge in [0.2, 0.25) is 0 Å². The molecule has 0 atom stereocenters. The summed E-state index contributed by atoms with van der Waals surface area (Å²) in [6.07, 6.45) is 0. The van der Waals surface area contributed by atoms with Crippen molar-refractivity contribution in [1.82, 2.24) is 15.5 Å². The van der Waals surface area contributed by atoms with Crippen LogP contribution in [-0.2, 0) is 11.3 Å². The minimum atomic E-state index is -0.293. The third-order valence-corrected chi connectivity index (χ3v) is 3.10. The zero-order valence-electron chi connectivity index (χ0n) is 13.5. The maximum Gasteiger partial charge on any atom is 0.319 e.